The predicted molar refractivity (Wildman–Crippen MR) is 146 cm³/mol. The lowest BCUT2D eigenvalue weighted by molar-refractivity contribution is -0.135. The molecule has 2 aliphatic rings. The van der Waals surface area contributed by atoms with Gasteiger partial charge < -0.3 is 19.4 Å². The van der Waals surface area contributed by atoms with Crippen molar-refractivity contribution in [1.82, 2.24) is 14.8 Å². The fraction of sp³-hybridized carbons (Fsp3) is 0.567. The molecule has 0 spiro atoms. The number of hydrogen-bond acceptors (Lipinski definition) is 5. The summed E-state index contributed by atoms with van der Waals surface area (Å²) in [6.45, 7) is 9.10. The van der Waals surface area contributed by atoms with E-state index in [0.29, 0.717) is 48.8 Å². The number of carbonyl (C=O) groups is 2. The number of ether oxygens (including phenoxy) is 1. The van der Waals surface area contributed by atoms with Crippen LogP contribution in [-0.4, -0.2) is 72.0 Å². The third-order valence-corrected chi connectivity index (χ3v) is 7.26. The van der Waals surface area contributed by atoms with Gasteiger partial charge >= 0.3 is 0 Å². The van der Waals surface area contributed by atoms with Gasteiger partial charge in [0, 0.05) is 50.9 Å². The van der Waals surface area contributed by atoms with E-state index < -0.39 is 0 Å². The van der Waals surface area contributed by atoms with Crippen LogP contribution in [0.25, 0.3) is 0 Å². The highest BCUT2D eigenvalue weighted by Gasteiger charge is 2.26. The van der Waals surface area contributed by atoms with Crippen LogP contribution in [0.2, 0.25) is 0 Å². The number of carbonyl (C=O) groups excluding carboxylic acids is 2. The Balaban J connectivity index is 1.66. The molecule has 1 unspecified atom stereocenters. The molecule has 206 valence electrons. The summed E-state index contributed by atoms with van der Waals surface area (Å²) in [5.74, 6) is -0.0201. The lowest BCUT2D eigenvalue weighted by Gasteiger charge is -2.33. The topological polar surface area (TPSA) is 66.0 Å². The molecule has 1 aromatic carbocycles. The van der Waals surface area contributed by atoms with Gasteiger partial charge in [-0.1, -0.05) is 13.8 Å². The van der Waals surface area contributed by atoms with Crippen LogP contribution in [0.3, 0.4) is 0 Å². The zero-order valence-corrected chi connectivity index (χ0v) is 22.8. The lowest BCUT2D eigenvalue weighted by atomic mass is 10.0. The number of amides is 2. The van der Waals surface area contributed by atoms with Crippen molar-refractivity contribution in [3.05, 3.63) is 59.7 Å². The molecule has 1 atom stereocenters. The molecule has 0 radical (unpaired) electrons. The molecule has 38 heavy (non-hydrogen) atoms. The number of benzene rings is 1. The maximum atomic E-state index is 14.5. The molecule has 1 aromatic heterocycles. The van der Waals surface area contributed by atoms with E-state index in [9.17, 15) is 14.0 Å². The largest absolute Gasteiger partial charge is 0.378 e. The summed E-state index contributed by atoms with van der Waals surface area (Å²) in [4.78, 5) is 37.3. The van der Waals surface area contributed by atoms with Gasteiger partial charge in [0.1, 0.15) is 5.82 Å². The first-order chi connectivity index (χ1) is 18.4. The molecule has 8 heteroatoms. The van der Waals surface area contributed by atoms with Gasteiger partial charge in [0.15, 0.2) is 0 Å². The number of pyridine rings is 1. The van der Waals surface area contributed by atoms with Crippen LogP contribution in [0.15, 0.2) is 42.7 Å². The van der Waals surface area contributed by atoms with Crippen LogP contribution in [0, 0.1) is 11.7 Å². The average molecular weight is 525 g/mol. The molecule has 2 amide bonds. The van der Waals surface area contributed by atoms with Crippen LogP contribution >= 0.6 is 0 Å². The molecule has 2 aliphatic heterocycles. The molecule has 2 aromatic rings. The first kappa shape index (κ1) is 28.2. The summed E-state index contributed by atoms with van der Waals surface area (Å²) in [5, 5.41) is 0. The molecule has 3 heterocycles. The highest BCUT2D eigenvalue weighted by molar-refractivity contribution is 6.06. The molecule has 0 N–H and O–H groups in total. The smallest absolute Gasteiger partial charge is 0.259 e. The number of anilines is 1. The van der Waals surface area contributed by atoms with Crippen molar-refractivity contribution >= 4 is 17.5 Å². The number of rotatable bonds is 5. The maximum Gasteiger partial charge on any atom is 0.259 e. The predicted octanol–water partition coefficient (Wildman–Crippen LogP) is 4.91. The molecular formula is C30H41FN4O3. The minimum Gasteiger partial charge on any atom is -0.378 e. The number of nitrogens with zero attached hydrogens (tertiary/aromatic N) is 4. The molecular weight excluding hydrogens is 483 g/mol. The second kappa shape index (κ2) is 13.8. The van der Waals surface area contributed by atoms with Crippen molar-refractivity contribution < 1.29 is 18.7 Å². The van der Waals surface area contributed by atoms with E-state index in [4.69, 9.17) is 4.74 Å². The zero-order chi connectivity index (χ0) is 26.9. The monoisotopic (exact) mass is 524 g/mol. The Kier molecular flexibility index (Phi) is 10.2. The Hall–Kier alpha value is -2.84. The third kappa shape index (κ3) is 7.84. The van der Waals surface area contributed by atoms with E-state index >= 15 is 0 Å². The minimum absolute atomic E-state index is 0.0183. The van der Waals surface area contributed by atoms with Gasteiger partial charge in [-0.25, -0.2) is 4.39 Å². The Labute approximate surface area is 226 Å². The van der Waals surface area contributed by atoms with E-state index in [1.54, 1.807) is 35.5 Å². The summed E-state index contributed by atoms with van der Waals surface area (Å²) in [6.07, 6.45) is 8.09. The van der Waals surface area contributed by atoms with Gasteiger partial charge in [-0.15, -0.1) is 0 Å². The summed E-state index contributed by atoms with van der Waals surface area (Å²) in [7, 11) is 0. The Bertz CT molecular complexity index is 1060. The first-order valence-electron chi connectivity index (χ1n) is 14.0. The summed E-state index contributed by atoms with van der Waals surface area (Å²) in [5.41, 5.74) is 1.76. The van der Waals surface area contributed by atoms with Gasteiger partial charge in [-0.2, -0.15) is 0 Å². The SMILES string of the molecule is CC(C)CN1CCCN(C(=O)CC2CCCCO2)Cc2cc(F)ccc2N(C(=O)c2cccnc2)CCC1. The van der Waals surface area contributed by atoms with Gasteiger partial charge in [0.25, 0.3) is 5.91 Å². The molecule has 7 nitrogen and oxygen atoms in total. The van der Waals surface area contributed by atoms with Gasteiger partial charge in [-0.3, -0.25) is 14.6 Å². The lowest BCUT2D eigenvalue weighted by Crippen LogP contribution is -2.40. The first-order valence-corrected chi connectivity index (χ1v) is 14.0. The van der Waals surface area contributed by atoms with Gasteiger partial charge in [0.05, 0.1) is 18.1 Å². The molecule has 0 bridgehead atoms. The van der Waals surface area contributed by atoms with Crippen LogP contribution in [0.4, 0.5) is 10.1 Å². The van der Waals surface area contributed by atoms with Crippen molar-refractivity contribution in [2.24, 2.45) is 5.92 Å². The standard InChI is InChI=1S/C30H41FN4O3/c1-23(2)21-33-13-6-15-34(29(36)19-27-9-3-4-17-38-27)22-25-18-26(31)10-11-28(25)35(16-7-14-33)30(37)24-8-5-12-32-20-24/h5,8,10-12,18,20,23,27H,3-4,6-7,9,13-17,19,21-22H2,1-2H3. The highest BCUT2D eigenvalue weighted by Crippen LogP contribution is 2.27. The van der Waals surface area contributed by atoms with Crippen LogP contribution in [-0.2, 0) is 16.1 Å². The Morgan fingerprint density at radius 1 is 1.08 bits per heavy atom. The minimum atomic E-state index is -0.379. The fourth-order valence-electron chi connectivity index (χ4n) is 5.46. The third-order valence-electron chi connectivity index (χ3n) is 7.26. The highest BCUT2D eigenvalue weighted by atomic mass is 19.1. The number of hydrogen-bond donors (Lipinski definition) is 0. The van der Waals surface area contributed by atoms with Crippen molar-refractivity contribution in [2.75, 3.05) is 44.2 Å². The van der Waals surface area contributed by atoms with Gasteiger partial charge in [0.2, 0.25) is 5.91 Å². The molecule has 1 fully saturated rings. The van der Waals surface area contributed by atoms with Crippen LogP contribution in [0.1, 0.15) is 68.3 Å². The van der Waals surface area contributed by atoms with Gasteiger partial charge in [-0.05, 0) is 87.0 Å². The number of aromatic nitrogens is 1. The molecule has 4 rings (SSSR count). The quantitative estimate of drug-likeness (QED) is 0.556. The van der Waals surface area contributed by atoms with Crippen LogP contribution < -0.4 is 4.90 Å². The normalized spacial score (nSPS) is 19.9. The maximum absolute atomic E-state index is 14.5. The molecule has 0 aliphatic carbocycles. The molecule has 1 saturated heterocycles. The zero-order valence-electron chi connectivity index (χ0n) is 22.8. The van der Waals surface area contributed by atoms with E-state index in [2.05, 4.69) is 23.7 Å². The number of halogens is 1. The van der Waals surface area contributed by atoms with Crippen molar-refractivity contribution in [3.63, 3.8) is 0 Å². The second-order valence-electron chi connectivity index (χ2n) is 10.9. The van der Waals surface area contributed by atoms with Crippen molar-refractivity contribution in [1.29, 1.82) is 0 Å². The van der Waals surface area contributed by atoms with Crippen LogP contribution in [0.5, 0.6) is 0 Å². The van der Waals surface area contributed by atoms with E-state index in [1.807, 2.05) is 4.90 Å². The van der Waals surface area contributed by atoms with E-state index in [-0.39, 0.29) is 30.3 Å². The average Bonchev–Trinajstić information content (AvgIpc) is 2.90. The fourth-order valence-corrected chi connectivity index (χ4v) is 5.46. The summed E-state index contributed by atoms with van der Waals surface area (Å²) in [6, 6.07) is 8.02. The van der Waals surface area contributed by atoms with E-state index in [1.165, 1.54) is 12.1 Å². The Morgan fingerprint density at radius 2 is 1.89 bits per heavy atom. The summed E-state index contributed by atoms with van der Waals surface area (Å²) < 4.78 is 20.4. The van der Waals surface area contributed by atoms with Crippen molar-refractivity contribution in [3.8, 4) is 0 Å². The van der Waals surface area contributed by atoms with Crippen molar-refractivity contribution in [2.45, 2.75) is 65.0 Å². The number of fused-ring (bicyclic) bond motifs is 1. The second-order valence-corrected chi connectivity index (χ2v) is 10.9. The summed E-state index contributed by atoms with van der Waals surface area (Å²) >= 11 is 0. The Morgan fingerprint density at radius 3 is 2.61 bits per heavy atom. The molecule has 0 saturated carbocycles. The van der Waals surface area contributed by atoms with E-state index in [0.717, 1.165) is 51.7 Å².